The van der Waals surface area contributed by atoms with E-state index >= 15 is 0 Å². The molecule has 2 aromatic carbocycles. The van der Waals surface area contributed by atoms with Crippen LogP contribution in [0, 0.1) is 0 Å². The van der Waals surface area contributed by atoms with Gasteiger partial charge in [0.25, 0.3) is 0 Å². The van der Waals surface area contributed by atoms with Gasteiger partial charge in [-0.3, -0.25) is 0 Å². The molecule has 0 N–H and O–H groups in total. The van der Waals surface area contributed by atoms with Gasteiger partial charge < -0.3 is 9.47 Å². The summed E-state index contributed by atoms with van der Waals surface area (Å²) < 4.78 is 39.4. The lowest BCUT2D eigenvalue weighted by atomic mass is 10.0. The molecule has 0 bridgehead atoms. The molecule has 0 aliphatic carbocycles. The van der Waals surface area contributed by atoms with Crippen molar-refractivity contribution in [2.24, 2.45) is 0 Å². The van der Waals surface area contributed by atoms with Gasteiger partial charge in [-0.05, 0) is 49.2 Å². The molecule has 1 aliphatic rings. The molecule has 1 fully saturated rings. The molecule has 1 saturated heterocycles. The summed E-state index contributed by atoms with van der Waals surface area (Å²) in [5.41, 5.74) is 0.831. The second-order valence-corrected chi connectivity index (χ2v) is 8.65. The summed E-state index contributed by atoms with van der Waals surface area (Å²) in [4.78, 5) is 0.288. The first-order valence-corrected chi connectivity index (χ1v) is 10.2. The van der Waals surface area contributed by atoms with Crippen LogP contribution in [-0.2, 0) is 10.0 Å². The maximum absolute atomic E-state index is 13.2. The smallest absolute Gasteiger partial charge is 0.243 e. The van der Waals surface area contributed by atoms with Gasteiger partial charge in [-0.15, -0.1) is 0 Å². The normalized spacial score (nSPS) is 18.3. The maximum Gasteiger partial charge on any atom is 0.243 e. The Kier molecular flexibility index (Phi) is 5.36. The standard InChI is InChI=1S/C18H20BrNO4S/c1-23-14-8-9-18(24-2)16(12-14)17-7-4-10-20(17)25(21,22)15-6-3-5-13(19)11-15/h3,5-6,8-9,11-12,17H,4,7,10H2,1-2H3/t17-/m1/s1. The van der Waals surface area contributed by atoms with Crippen molar-refractivity contribution in [3.8, 4) is 11.5 Å². The minimum atomic E-state index is -3.60. The van der Waals surface area contributed by atoms with Crippen molar-refractivity contribution >= 4 is 26.0 Å². The van der Waals surface area contributed by atoms with Crippen LogP contribution in [0.5, 0.6) is 11.5 Å². The first-order valence-electron chi connectivity index (χ1n) is 7.96. The van der Waals surface area contributed by atoms with Crippen molar-refractivity contribution in [2.45, 2.75) is 23.8 Å². The van der Waals surface area contributed by atoms with Crippen LogP contribution in [0.25, 0.3) is 0 Å². The highest BCUT2D eigenvalue weighted by atomic mass is 79.9. The van der Waals surface area contributed by atoms with Gasteiger partial charge in [0.05, 0.1) is 25.2 Å². The fraction of sp³-hybridized carbons (Fsp3) is 0.333. The predicted octanol–water partition coefficient (Wildman–Crippen LogP) is 3.99. The summed E-state index contributed by atoms with van der Waals surface area (Å²) in [7, 11) is -0.412. The molecule has 0 aromatic heterocycles. The Morgan fingerprint density at radius 2 is 1.92 bits per heavy atom. The molecule has 1 aliphatic heterocycles. The lowest BCUT2D eigenvalue weighted by molar-refractivity contribution is 0.361. The third-order valence-corrected chi connectivity index (χ3v) is 6.80. The third-order valence-electron chi connectivity index (χ3n) is 4.40. The maximum atomic E-state index is 13.2. The largest absolute Gasteiger partial charge is 0.497 e. The number of hydrogen-bond donors (Lipinski definition) is 0. The van der Waals surface area contributed by atoms with Gasteiger partial charge in [0.1, 0.15) is 11.5 Å². The van der Waals surface area contributed by atoms with E-state index in [4.69, 9.17) is 9.47 Å². The number of nitrogens with zero attached hydrogens (tertiary/aromatic N) is 1. The van der Waals surface area contributed by atoms with Crippen molar-refractivity contribution in [3.05, 3.63) is 52.5 Å². The van der Waals surface area contributed by atoms with E-state index in [1.807, 2.05) is 24.3 Å². The van der Waals surface area contributed by atoms with Gasteiger partial charge in [0.15, 0.2) is 0 Å². The molecule has 1 atom stereocenters. The number of hydrogen-bond acceptors (Lipinski definition) is 4. The van der Waals surface area contributed by atoms with Crippen molar-refractivity contribution in [1.82, 2.24) is 4.31 Å². The molecule has 134 valence electrons. The van der Waals surface area contributed by atoms with Crippen LogP contribution in [0.4, 0.5) is 0 Å². The molecule has 25 heavy (non-hydrogen) atoms. The van der Waals surface area contributed by atoms with Gasteiger partial charge >= 0.3 is 0 Å². The van der Waals surface area contributed by atoms with Crippen LogP contribution < -0.4 is 9.47 Å². The summed E-state index contributed by atoms with van der Waals surface area (Å²) >= 11 is 3.35. The fourth-order valence-corrected chi connectivity index (χ4v) is 5.47. The number of ether oxygens (including phenoxy) is 2. The molecule has 0 unspecified atom stereocenters. The molecule has 2 aromatic rings. The van der Waals surface area contributed by atoms with Crippen LogP contribution in [0.3, 0.4) is 0 Å². The van der Waals surface area contributed by atoms with Crippen LogP contribution in [-0.4, -0.2) is 33.5 Å². The average Bonchev–Trinajstić information content (AvgIpc) is 3.11. The van der Waals surface area contributed by atoms with Gasteiger partial charge in [0.2, 0.25) is 10.0 Å². The van der Waals surface area contributed by atoms with Crippen molar-refractivity contribution in [1.29, 1.82) is 0 Å². The monoisotopic (exact) mass is 425 g/mol. The van der Waals surface area contributed by atoms with Crippen LogP contribution in [0.1, 0.15) is 24.4 Å². The summed E-state index contributed by atoms with van der Waals surface area (Å²) in [6.45, 7) is 0.486. The lowest BCUT2D eigenvalue weighted by Crippen LogP contribution is -2.31. The molecule has 0 radical (unpaired) electrons. The first-order chi connectivity index (χ1) is 12.0. The van der Waals surface area contributed by atoms with E-state index in [1.54, 1.807) is 36.7 Å². The molecule has 5 nitrogen and oxygen atoms in total. The molecule has 0 amide bonds. The Bertz CT molecular complexity index is 869. The Labute approximate surface area is 156 Å². The van der Waals surface area contributed by atoms with Crippen molar-refractivity contribution in [2.75, 3.05) is 20.8 Å². The van der Waals surface area contributed by atoms with Crippen molar-refractivity contribution in [3.63, 3.8) is 0 Å². The summed E-state index contributed by atoms with van der Waals surface area (Å²) in [5, 5.41) is 0. The fourth-order valence-electron chi connectivity index (χ4n) is 3.20. The number of rotatable bonds is 5. The van der Waals surface area contributed by atoms with Crippen LogP contribution in [0.2, 0.25) is 0 Å². The number of benzene rings is 2. The van der Waals surface area contributed by atoms with E-state index in [-0.39, 0.29) is 10.9 Å². The van der Waals surface area contributed by atoms with Gasteiger partial charge in [0, 0.05) is 16.6 Å². The van der Waals surface area contributed by atoms with E-state index in [0.717, 1.165) is 22.9 Å². The SMILES string of the molecule is COc1ccc(OC)c([C@H]2CCCN2S(=O)(=O)c2cccc(Br)c2)c1. The highest BCUT2D eigenvalue weighted by Gasteiger charge is 2.37. The Hall–Kier alpha value is -1.57. The first kappa shape index (κ1) is 18.2. The number of methoxy groups -OCH3 is 2. The molecule has 0 saturated carbocycles. The Morgan fingerprint density at radius 1 is 1.12 bits per heavy atom. The van der Waals surface area contributed by atoms with E-state index in [2.05, 4.69) is 15.9 Å². The van der Waals surface area contributed by atoms with E-state index in [9.17, 15) is 8.42 Å². The lowest BCUT2D eigenvalue weighted by Gasteiger charge is -2.26. The van der Waals surface area contributed by atoms with Gasteiger partial charge in [-0.2, -0.15) is 4.31 Å². The predicted molar refractivity (Wildman–Crippen MR) is 99.6 cm³/mol. The zero-order valence-electron chi connectivity index (χ0n) is 14.1. The number of sulfonamides is 1. The summed E-state index contributed by atoms with van der Waals surface area (Å²) in [5.74, 6) is 1.35. The number of halogens is 1. The van der Waals surface area contributed by atoms with Crippen LogP contribution >= 0.6 is 15.9 Å². The zero-order valence-corrected chi connectivity index (χ0v) is 16.5. The van der Waals surface area contributed by atoms with Crippen molar-refractivity contribution < 1.29 is 17.9 Å². The van der Waals surface area contributed by atoms with E-state index in [0.29, 0.717) is 18.0 Å². The van der Waals surface area contributed by atoms with E-state index < -0.39 is 10.0 Å². The molecule has 0 spiro atoms. The molecule has 3 rings (SSSR count). The summed E-state index contributed by atoms with van der Waals surface area (Å²) in [6.07, 6.45) is 1.55. The Balaban J connectivity index is 2.04. The second-order valence-electron chi connectivity index (χ2n) is 5.84. The third kappa shape index (κ3) is 3.54. The topological polar surface area (TPSA) is 55.8 Å². The van der Waals surface area contributed by atoms with Gasteiger partial charge in [-0.1, -0.05) is 22.0 Å². The quantitative estimate of drug-likeness (QED) is 0.726. The average molecular weight is 426 g/mol. The second kappa shape index (κ2) is 7.35. The van der Waals surface area contributed by atoms with Gasteiger partial charge in [-0.25, -0.2) is 8.42 Å². The minimum Gasteiger partial charge on any atom is -0.497 e. The molecule has 7 heteroatoms. The molecular weight excluding hydrogens is 406 g/mol. The Morgan fingerprint density at radius 3 is 2.60 bits per heavy atom. The highest BCUT2D eigenvalue weighted by Crippen LogP contribution is 2.41. The highest BCUT2D eigenvalue weighted by molar-refractivity contribution is 9.10. The minimum absolute atomic E-state index is 0.269. The van der Waals surface area contributed by atoms with E-state index in [1.165, 1.54) is 0 Å². The summed E-state index contributed by atoms with van der Waals surface area (Å²) in [6, 6.07) is 12.0. The van der Waals surface area contributed by atoms with Crippen LogP contribution in [0.15, 0.2) is 51.8 Å². The zero-order chi connectivity index (χ0) is 18.0. The molecule has 1 heterocycles. The molecular formula is C18H20BrNO4S.